The largest absolute Gasteiger partial charge is 0.392 e. The Bertz CT molecular complexity index is 199. The summed E-state index contributed by atoms with van der Waals surface area (Å²) in [6.45, 7) is 2.27. The third-order valence-electron chi connectivity index (χ3n) is 1.24. The minimum absolute atomic E-state index is 0.336. The van der Waals surface area contributed by atoms with Crippen LogP contribution in [0.1, 0.15) is 6.92 Å². The fourth-order valence-corrected chi connectivity index (χ4v) is 0.720. The van der Waals surface area contributed by atoms with Crippen LogP contribution in [0.15, 0.2) is 24.4 Å². The summed E-state index contributed by atoms with van der Waals surface area (Å²) < 4.78 is 0. The highest BCUT2D eigenvalue weighted by molar-refractivity contribution is 5.32. The van der Waals surface area contributed by atoms with E-state index in [1.54, 1.807) is 13.1 Å². The fraction of sp³-hybridized carbons (Fsp3) is 0.375. The van der Waals surface area contributed by atoms with Gasteiger partial charge in [0, 0.05) is 12.7 Å². The van der Waals surface area contributed by atoms with Gasteiger partial charge in [0.15, 0.2) is 0 Å². The molecule has 1 heterocycles. The maximum absolute atomic E-state index is 8.92. The number of pyridine rings is 1. The Hall–Kier alpha value is -1.09. The van der Waals surface area contributed by atoms with Crippen molar-refractivity contribution in [3.8, 4) is 0 Å². The van der Waals surface area contributed by atoms with Gasteiger partial charge >= 0.3 is 0 Å². The molecule has 1 aromatic heterocycles. The summed E-state index contributed by atoms with van der Waals surface area (Å²) in [6.07, 6.45) is 1.38. The molecular weight excluding hydrogens is 140 g/mol. The van der Waals surface area contributed by atoms with Crippen molar-refractivity contribution in [1.29, 1.82) is 0 Å². The molecule has 0 aliphatic rings. The molecule has 0 amide bonds. The van der Waals surface area contributed by atoms with Gasteiger partial charge in [0.1, 0.15) is 5.82 Å². The lowest BCUT2D eigenvalue weighted by molar-refractivity contribution is 0.208. The first-order chi connectivity index (χ1) is 5.29. The van der Waals surface area contributed by atoms with Crippen molar-refractivity contribution in [3.63, 3.8) is 0 Å². The van der Waals surface area contributed by atoms with E-state index in [0.29, 0.717) is 6.54 Å². The normalized spacial score (nSPS) is 12.5. The van der Waals surface area contributed by atoms with Gasteiger partial charge in [-0.1, -0.05) is 6.07 Å². The third kappa shape index (κ3) is 3.00. The molecule has 0 fully saturated rings. The predicted octanol–water partition coefficient (Wildman–Crippen LogP) is 0.874. The maximum Gasteiger partial charge on any atom is 0.125 e. The lowest BCUT2D eigenvalue weighted by atomic mass is 10.4. The van der Waals surface area contributed by atoms with E-state index < -0.39 is 0 Å². The van der Waals surface area contributed by atoms with Crippen LogP contribution in [0.3, 0.4) is 0 Å². The van der Waals surface area contributed by atoms with Crippen LogP contribution >= 0.6 is 0 Å². The van der Waals surface area contributed by atoms with Crippen LogP contribution < -0.4 is 5.32 Å². The zero-order valence-electron chi connectivity index (χ0n) is 6.49. The molecule has 0 unspecified atom stereocenters. The van der Waals surface area contributed by atoms with Gasteiger partial charge in [0.2, 0.25) is 0 Å². The summed E-state index contributed by atoms with van der Waals surface area (Å²) in [5.41, 5.74) is 0. The second kappa shape index (κ2) is 3.93. The van der Waals surface area contributed by atoms with Gasteiger partial charge in [-0.15, -0.1) is 0 Å². The summed E-state index contributed by atoms with van der Waals surface area (Å²) >= 11 is 0. The van der Waals surface area contributed by atoms with Crippen molar-refractivity contribution >= 4 is 5.82 Å². The average Bonchev–Trinajstić information content (AvgIpc) is 2.03. The molecule has 0 bridgehead atoms. The van der Waals surface area contributed by atoms with E-state index in [9.17, 15) is 0 Å². The van der Waals surface area contributed by atoms with Gasteiger partial charge in [-0.05, 0) is 19.1 Å². The number of nitrogens with zero attached hydrogens (tertiary/aromatic N) is 1. The number of aliphatic hydroxyl groups excluding tert-OH is 1. The van der Waals surface area contributed by atoms with E-state index in [1.807, 2.05) is 18.2 Å². The molecule has 3 nitrogen and oxygen atoms in total. The second-order valence-electron chi connectivity index (χ2n) is 2.44. The number of aliphatic hydroxyl groups is 1. The van der Waals surface area contributed by atoms with Gasteiger partial charge in [0.25, 0.3) is 0 Å². The highest BCUT2D eigenvalue weighted by atomic mass is 16.3. The van der Waals surface area contributed by atoms with Crippen molar-refractivity contribution in [3.05, 3.63) is 24.4 Å². The molecule has 1 rings (SSSR count). The van der Waals surface area contributed by atoms with Crippen LogP contribution in [-0.2, 0) is 0 Å². The Morgan fingerprint density at radius 3 is 3.00 bits per heavy atom. The number of anilines is 1. The third-order valence-corrected chi connectivity index (χ3v) is 1.24. The van der Waals surface area contributed by atoms with Crippen LogP contribution in [0.4, 0.5) is 5.82 Å². The Morgan fingerprint density at radius 1 is 1.64 bits per heavy atom. The molecule has 0 spiro atoms. The van der Waals surface area contributed by atoms with Crippen molar-refractivity contribution in [2.24, 2.45) is 0 Å². The van der Waals surface area contributed by atoms with Crippen LogP contribution in [0.2, 0.25) is 0 Å². The highest BCUT2D eigenvalue weighted by Crippen LogP contribution is 1.98. The molecule has 1 aromatic rings. The zero-order valence-corrected chi connectivity index (χ0v) is 6.49. The number of hydrogen-bond acceptors (Lipinski definition) is 3. The molecule has 0 saturated heterocycles. The van der Waals surface area contributed by atoms with Gasteiger partial charge in [-0.25, -0.2) is 4.98 Å². The van der Waals surface area contributed by atoms with Gasteiger partial charge in [-0.2, -0.15) is 0 Å². The summed E-state index contributed by atoms with van der Waals surface area (Å²) in [5.74, 6) is 0.799. The summed E-state index contributed by atoms with van der Waals surface area (Å²) in [6, 6.07) is 5.62. The quantitative estimate of drug-likeness (QED) is 0.675. The average molecular weight is 152 g/mol. The molecule has 3 heteroatoms. The topological polar surface area (TPSA) is 45.1 Å². The Kier molecular flexibility index (Phi) is 2.86. The van der Waals surface area contributed by atoms with E-state index >= 15 is 0 Å². The summed E-state index contributed by atoms with van der Waals surface area (Å²) in [7, 11) is 0. The number of nitrogens with one attached hydrogen (secondary N) is 1. The number of aromatic nitrogens is 1. The second-order valence-corrected chi connectivity index (χ2v) is 2.44. The Labute approximate surface area is 66.1 Å². The van der Waals surface area contributed by atoms with Crippen molar-refractivity contribution in [2.75, 3.05) is 11.9 Å². The zero-order chi connectivity index (χ0) is 8.10. The molecular formula is C8H12N2O. The molecule has 0 aliphatic heterocycles. The molecule has 0 saturated carbocycles. The van der Waals surface area contributed by atoms with Crippen molar-refractivity contribution < 1.29 is 5.11 Å². The monoisotopic (exact) mass is 152 g/mol. The van der Waals surface area contributed by atoms with Crippen molar-refractivity contribution in [2.45, 2.75) is 13.0 Å². The predicted molar refractivity (Wildman–Crippen MR) is 44.4 cm³/mol. The number of hydrogen-bond donors (Lipinski definition) is 2. The van der Waals surface area contributed by atoms with Gasteiger partial charge in [-0.3, -0.25) is 0 Å². The lowest BCUT2D eigenvalue weighted by Crippen LogP contribution is -2.15. The first-order valence-corrected chi connectivity index (χ1v) is 3.62. The fourth-order valence-electron chi connectivity index (χ4n) is 0.720. The van der Waals surface area contributed by atoms with E-state index in [2.05, 4.69) is 10.3 Å². The van der Waals surface area contributed by atoms with Crippen LogP contribution in [0, 0.1) is 0 Å². The standard InChI is InChI=1S/C8H12N2O/c1-7(11)6-10-8-4-2-3-5-9-8/h2-5,7,11H,6H2,1H3,(H,9,10)/t7-/m1/s1. The number of rotatable bonds is 3. The van der Waals surface area contributed by atoms with Crippen LogP contribution in [0.5, 0.6) is 0 Å². The molecule has 2 N–H and O–H groups in total. The molecule has 60 valence electrons. The van der Waals surface area contributed by atoms with E-state index in [-0.39, 0.29) is 6.10 Å². The molecule has 11 heavy (non-hydrogen) atoms. The Balaban J connectivity index is 2.39. The van der Waals surface area contributed by atoms with Crippen LogP contribution in [-0.4, -0.2) is 22.7 Å². The molecule has 0 aliphatic carbocycles. The highest BCUT2D eigenvalue weighted by Gasteiger charge is 1.94. The lowest BCUT2D eigenvalue weighted by Gasteiger charge is -2.05. The first-order valence-electron chi connectivity index (χ1n) is 3.62. The minimum Gasteiger partial charge on any atom is -0.392 e. The van der Waals surface area contributed by atoms with Crippen molar-refractivity contribution in [1.82, 2.24) is 4.98 Å². The SMILES string of the molecule is C[C@@H](O)CNc1ccccn1. The first kappa shape index (κ1) is 8.01. The van der Waals surface area contributed by atoms with Gasteiger partial charge in [0.05, 0.1) is 6.10 Å². The maximum atomic E-state index is 8.92. The van der Waals surface area contributed by atoms with Gasteiger partial charge < -0.3 is 10.4 Å². The Morgan fingerprint density at radius 2 is 2.45 bits per heavy atom. The van der Waals surface area contributed by atoms with E-state index in [4.69, 9.17) is 5.11 Å². The summed E-state index contributed by atoms with van der Waals surface area (Å²) in [4.78, 5) is 4.03. The smallest absolute Gasteiger partial charge is 0.125 e. The summed E-state index contributed by atoms with van der Waals surface area (Å²) in [5, 5.41) is 11.9. The molecule has 0 radical (unpaired) electrons. The molecule has 0 aromatic carbocycles. The van der Waals surface area contributed by atoms with Crippen LogP contribution in [0.25, 0.3) is 0 Å². The van der Waals surface area contributed by atoms with E-state index in [0.717, 1.165) is 5.82 Å². The minimum atomic E-state index is -0.336. The molecule has 1 atom stereocenters. The van der Waals surface area contributed by atoms with E-state index in [1.165, 1.54) is 0 Å².